The van der Waals surface area contributed by atoms with Crippen molar-refractivity contribution in [3.8, 4) is 17.0 Å². The van der Waals surface area contributed by atoms with Crippen LogP contribution in [-0.4, -0.2) is 18.0 Å². The third-order valence-corrected chi connectivity index (χ3v) is 5.69. The summed E-state index contributed by atoms with van der Waals surface area (Å²) >= 11 is 8.04. The summed E-state index contributed by atoms with van der Waals surface area (Å²) in [7, 11) is 1.44. The summed E-state index contributed by atoms with van der Waals surface area (Å²) < 4.78 is 19.0. The Kier molecular flexibility index (Phi) is 4.85. The number of aromatic nitrogens is 1. The van der Waals surface area contributed by atoms with Crippen LogP contribution in [0.2, 0.25) is 5.02 Å². The van der Waals surface area contributed by atoms with Crippen LogP contribution in [0.1, 0.15) is 34.1 Å². The van der Waals surface area contributed by atoms with Crippen molar-refractivity contribution in [2.75, 3.05) is 12.4 Å². The quantitative estimate of drug-likeness (QED) is 0.592. The van der Waals surface area contributed by atoms with Crippen LogP contribution in [0.25, 0.3) is 11.3 Å². The number of nitrogens with one attached hydrogen (secondary N) is 1. The van der Waals surface area contributed by atoms with Gasteiger partial charge in [0.2, 0.25) is 0 Å². The van der Waals surface area contributed by atoms with Gasteiger partial charge in [0.15, 0.2) is 0 Å². The number of halogens is 2. The zero-order valence-electron chi connectivity index (χ0n) is 14.5. The number of nitrogens with zero attached hydrogens (tertiary/aromatic N) is 1. The number of hydrogen-bond donors (Lipinski definition) is 1. The van der Waals surface area contributed by atoms with Crippen LogP contribution < -0.4 is 10.1 Å². The van der Waals surface area contributed by atoms with Crippen LogP contribution in [0.3, 0.4) is 0 Å². The van der Waals surface area contributed by atoms with Crippen LogP contribution in [-0.2, 0) is 0 Å². The van der Waals surface area contributed by atoms with Crippen molar-refractivity contribution in [2.45, 2.75) is 18.8 Å². The van der Waals surface area contributed by atoms with E-state index in [0.29, 0.717) is 22.4 Å². The highest BCUT2D eigenvalue weighted by Crippen LogP contribution is 2.43. The summed E-state index contributed by atoms with van der Waals surface area (Å²) in [6.45, 7) is 0. The molecule has 1 aliphatic rings. The van der Waals surface area contributed by atoms with Crippen molar-refractivity contribution in [3.05, 3.63) is 63.2 Å². The number of carbonyl (C=O) groups excluding carboxylic acids is 1. The maximum atomic E-state index is 14.1. The van der Waals surface area contributed by atoms with Gasteiger partial charge in [0, 0.05) is 28.6 Å². The number of benzene rings is 2. The zero-order chi connectivity index (χ0) is 19.0. The lowest BCUT2D eigenvalue weighted by atomic mass is 10.1. The highest BCUT2D eigenvalue weighted by Gasteiger charge is 2.27. The van der Waals surface area contributed by atoms with Crippen molar-refractivity contribution >= 4 is 34.5 Å². The molecule has 0 aliphatic heterocycles. The van der Waals surface area contributed by atoms with Crippen LogP contribution >= 0.6 is 22.9 Å². The fourth-order valence-corrected chi connectivity index (χ4v) is 4.00. The van der Waals surface area contributed by atoms with E-state index in [9.17, 15) is 9.18 Å². The number of thiazole rings is 1. The number of amides is 1. The smallest absolute Gasteiger partial charge is 0.258 e. The van der Waals surface area contributed by atoms with E-state index in [1.165, 1.54) is 38.2 Å². The van der Waals surface area contributed by atoms with Crippen LogP contribution in [0, 0.1) is 5.82 Å². The third kappa shape index (κ3) is 3.82. The molecule has 4 nitrogen and oxygen atoms in total. The van der Waals surface area contributed by atoms with E-state index >= 15 is 0 Å². The Balaban J connectivity index is 1.52. The maximum absolute atomic E-state index is 14.1. The summed E-state index contributed by atoms with van der Waals surface area (Å²) in [5, 5.41) is 6.30. The lowest BCUT2D eigenvalue weighted by molar-refractivity contribution is 0.102. The van der Waals surface area contributed by atoms with Gasteiger partial charge in [-0.2, -0.15) is 0 Å². The van der Waals surface area contributed by atoms with Gasteiger partial charge < -0.3 is 10.1 Å². The Morgan fingerprint density at radius 1 is 1.30 bits per heavy atom. The molecule has 2 aromatic carbocycles. The number of rotatable bonds is 5. The van der Waals surface area contributed by atoms with Gasteiger partial charge in [-0.05, 0) is 43.2 Å². The number of methoxy groups -OCH3 is 1. The van der Waals surface area contributed by atoms with E-state index < -0.39 is 11.7 Å². The molecule has 1 fully saturated rings. The Labute approximate surface area is 165 Å². The van der Waals surface area contributed by atoms with Gasteiger partial charge in [0.05, 0.1) is 28.4 Å². The van der Waals surface area contributed by atoms with E-state index in [1.807, 2.05) is 11.4 Å². The van der Waals surface area contributed by atoms with E-state index in [-0.39, 0.29) is 5.56 Å². The monoisotopic (exact) mass is 402 g/mol. The van der Waals surface area contributed by atoms with E-state index in [2.05, 4.69) is 10.3 Å². The Morgan fingerprint density at radius 2 is 2.11 bits per heavy atom. The summed E-state index contributed by atoms with van der Waals surface area (Å²) in [4.78, 5) is 17.0. The summed E-state index contributed by atoms with van der Waals surface area (Å²) in [6, 6.07) is 9.28. The molecule has 1 amide bonds. The normalized spacial score (nSPS) is 13.4. The number of ether oxygens (including phenoxy) is 1. The molecule has 3 aromatic rings. The van der Waals surface area contributed by atoms with E-state index in [4.69, 9.17) is 16.3 Å². The molecule has 0 atom stereocenters. The van der Waals surface area contributed by atoms with Crippen molar-refractivity contribution in [1.82, 2.24) is 4.98 Å². The van der Waals surface area contributed by atoms with Gasteiger partial charge in [-0.25, -0.2) is 9.37 Å². The van der Waals surface area contributed by atoms with Gasteiger partial charge >= 0.3 is 0 Å². The van der Waals surface area contributed by atoms with Gasteiger partial charge in [-0.1, -0.05) is 11.6 Å². The number of hydrogen-bond acceptors (Lipinski definition) is 4. The largest absolute Gasteiger partial charge is 0.497 e. The average molecular weight is 403 g/mol. The van der Waals surface area contributed by atoms with Crippen molar-refractivity contribution in [3.63, 3.8) is 0 Å². The lowest BCUT2D eigenvalue weighted by Crippen LogP contribution is -2.13. The second kappa shape index (κ2) is 7.29. The molecule has 1 aromatic heterocycles. The molecule has 1 aliphatic carbocycles. The van der Waals surface area contributed by atoms with Crippen molar-refractivity contribution < 1.29 is 13.9 Å². The molecule has 0 radical (unpaired) electrons. The second-order valence-corrected chi connectivity index (χ2v) is 7.64. The molecule has 1 N–H and O–H groups in total. The predicted octanol–water partition coefficient (Wildman–Crippen LogP) is 5.74. The molecule has 0 saturated heterocycles. The SMILES string of the molecule is COc1ccc(C(=O)Nc2ccc(-c3csc(C4CC4)n3)c(Cl)c2)c(F)c1. The zero-order valence-corrected chi connectivity index (χ0v) is 16.0. The molecule has 27 heavy (non-hydrogen) atoms. The molecule has 0 unspecified atom stereocenters. The van der Waals surface area contributed by atoms with Crippen molar-refractivity contribution in [1.29, 1.82) is 0 Å². The van der Waals surface area contributed by atoms with Gasteiger partial charge in [-0.3, -0.25) is 4.79 Å². The maximum Gasteiger partial charge on any atom is 0.258 e. The fourth-order valence-electron chi connectivity index (χ4n) is 2.74. The van der Waals surface area contributed by atoms with Gasteiger partial charge in [0.25, 0.3) is 5.91 Å². The first kappa shape index (κ1) is 17.9. The first-order valence-corrected chi connectivity index (χ1v) is 9.71. The minimum Gasteiger partial charge on any atom is -0.497 e. The van der Waals surface area contributed by atoms with E-state index in [0.717, 1.165) is 16.3 Å². The number of carbonyl (C=O) groups is 1. The predicted molar refractivity (Wildman–Crippen MR) is 105 cm³/mol. The molecular weight excluding hydrogens is 387 g/mol. The molecule has 0 bridgehead atoms. The summed E-state index contributed by atoms with van der Waals surface area (Å²) in [6.07, 6.45) is 2.40. The topological polar surface area (TPSA) is 51.2 Å². The minimum atomic E-state index is -0.648. The third-order valence-electron chi connectivity index (χ3n) is 4.37. The van der Waals surface area contributed by atoms with E-state index in [1.54, 1.807) is 23.5 Å². The van der Waals surface area contributed by atoms with Gasteiger partial charge in [-0.15, -0.1) is 11.3 Å². The Morgan fingerprint density at radius 3 is 2.78 bits per heavy atom. The lowest BCUT2D eigenvalue weighted by Gasteiger charge is -2.09. The van der Waals surface area contributed by atoms with Gasteiger partial charge in [0.1, 0.15) is 11.6 Å². The fraction of sp³-hybridized carbons (Fsp3) is 0.200. The molecule has 1 heterocycles. The average Bonchev–Trinajstić information content (AvgIpc) is 3.39. The molecule has 138 valence electrons. The Bertz CT molecular complexity index is 1020. The first-order chi connectivity index (χ1) is 13.0. The highest BCUT2D eigenvalue weighted by atomic mass is 35.5. The summed E-state index contributed by atoms with van der Waals surface area (Å²) in [5.41, 5.74) is 2.07. The Hall–Kier alpha value is -2.44. The second-order valence-electron chi connectivity index (χ2n) is 6.34. The van der Waals surface area contributed by atoms with Crippen LogP contribution in [0.15, 0.2) is 41.8 Å². The first-order valence-electron chi connectivity index (χ1n) is 8.45. The summed E-state index contributed by atoms with van der Waals surface area (Å²) in [5.74, 6) is -0.251. The standard InChI is InChI=1S/C20H16ClFN2O2S/c1-26-13-5-7-15(17(22)9-13)19(25)23-12-4-6-14(16(21)8-12)18-10-27-20(24-18)11-2-3-11/h4-11H,2-3H2,1H3,(H,23,25). The van der Waals surface area contributed by atoms with Crippen molar-refractivity contribution in [2.24, 2.45) is 0 Å². The minimum absolute atomic E-state index is 0.0652. The molecule has 4 rings (SSSR count). The molecular formula is C20H16ClFN2O2S. The number of anilines is 1. The molecule has 0 spiro atoms. The highest BCUT2D eigenvalue weighted by molar-refractivity contribution is 7.10. The van der Waals surface area contributed by atoms with Crippen LogP contribution in [0.4, 0.5) is 10.1 Å². The van der Waals surface area contributed by atoms with Crippen LogP contribution in [0.5, 0.6) is 5.75 Å². The molecule has 7 heteroatoms. The molecule has 1 saturated carbocycles.